The monoisotopic (exact) mass is 564 g/mol. The van der Waals surface area contributed by atoms with E-state index in [0.717, 1.165) is 40.5 Å². The number of hydrogen-bond acceptors (Lipinski definition) is 6. The first-order valence-corrected chi connectivity index (χ1v) is 12.9. The highest BCUT2D eigenvalue weighted by molar-refractivity contribution is 5.85. The zero-order valence-electron chi connectivity index (χ0n) is 23.0. The van der Waals surface area contributed by atoms with Crippen LogP contribution in [0.1, 0.15) is 22.3 Å². The topological polar surface area (TPSA) is 78.9 Å². The van der Waals surface area contributed by atoms with Gasteiger partial charge < -0.3 is 14.2 Å². The molecule has 0 aromatic heterocycles. The van der Waals surface area contributed by atoms with Gasteiger partial charge in [-0.15, -0.1) is 0 Å². The second-order valence-electron chi connectivity index (χ2n) is 8.71. The molecule has 4 aromatic carbocycles. The molecule has 0 aliphatic rings. The van der Waals surface area contributed by atoms with Gasteiger partial charge in [-0.25, -0.2) is 14.4 Å². The fraction of sp³-hybridized carbons (Fsp3) is 0. The molecule has 0 spiro atoms. The summed E-state index contributed by atoms with van der Waals surface area (Å²) >= 11 is 0. The standard InChI is InChI=1S/C37H24O6/c1-4-35(38)41-32-21-12-27(13-22-32)8-7-26-9-16-29(17-10-26)31-20-19-30(34(25-31)43-37(40)6-3)18-11-28-14-23-33(24-15-28)42-36(39)5-2/h4-6,9-10,12-17,19-25H,1-3H2. The molecule has 0 saturated carbocycles. The van der Waals surface area contributed by atoms with E-state index in [1.54, 1.807) is 60.7 Å². The summed E-state index contributed by atoms with van der Waals surface area (Å²) in [7, 11) is 0. The summed E-state index contributed by atoms with van der Waals surface area (Å²) in [6, 6.07) is 26.6. The summed E-state index contributed by atoms with van der Waals surface area (Å²) < 4.78 is 15.6. The van der Waals surface area contributed by atoms with Crippen LogP contribution >= 0.6 is 0 Å². The first kappa shape index (κ1) is 29.6. The van der Waals surface area contributed by atoms with E-state index in [4.69, 9.17) is 14.2 Å². The number of rotatable bonds is 7. The molecule has 0 heterocycles. The van der Waals surface area contributed by atoms with Crippen molar-refractivity contribution in [1.82, 2.24) is 0 Å². The van der Waals surface area contributed by atoms with E-state index in [1.807, 2.05) is 30.3 Å². The lowest BCUT2D eigenvalue weighted by Crippen LogP contribution is -2.04. The largest absolute Gasteiger partial charge is 0.423 e. The van der Waals surface area contributed by atoms with Crippen molar-refractivity contribution >= 4 is 17.9 Å². The molecule has 4 aromatic rings. The Morgan fingerprint density at radius 2 is 0.884 bits per heavy atom. The molecule has 0 aliphatic heterocycles. The van der Waals surface area contributed by atoms with Gasteiger partial charge in [-0.1, -0.05) is 61.6 Å². The Balaban J connectivity index is 1.52. The third-order valence-electron chi connectivity index (χ3n) is 5.75. The second-order valence-corrected chi connectivity index (χ2v) is 8.71. The summed E-state index contributed by atoms with van der Waals surface area (Å²) in [5, 5.41) is 0. The van der Waals surface area contributed by atoms with Crippen molar-refractivity contribution in [3.05, 3.63) is 151 Å². The minimum Gasteiger partial charge on any atom is -0.423 e. The summed E-state index contributed by atoms with van der Waals surface area (Å²) in [4.78, 5) is 34.7. The van der Waals surface area contributed by atoms with Crippen LogP contribution in [0.15, 0.2) is 129 Å². The van der Waals surface area contributed by atoms with Crippen LogP contribution in [0.2, 0.25) is 0 Å². The van der Waals surface area contributed by atoms with Crippen molar-refractivity contribution in [2.75, 3.05) is 0 Å². The van der Waals surface area contributed by atoms with Crippen molar-refractivity contribution in [3.8, 4) is 52.1 Å². The molecule has 0 radical (unpaired) electrons. The van der Waals surface area contributed by atoms with Crippen LogP contribution in [-0.2, 0) is 14.4 Å². The molecule has 6 heteroatoms. The molecule has 0 fully saturated rings. The lowest BCUT2D eigenvalue weighted by atomic mass is 10.0. The molecule has 0 amide bonds. The summed E-state index contributed by atoms with van der Waals surface area (Å²) in [5.74, 6) is 11.7. The van der Waals surface area contributed by atoms with E-state index in [2.05, 4.69) is 43.4 Å². The molecule has 208 valence electrons. The van der Waals surface area contributed by atoms with Gasteiger partial charge in [0, 0.05) is 34.9 Å². The highest BCUT2D eigenvalue weighted by Gasteiger charge is 2.09. The lowest BCUT2D eigenvalue weighted by Gasteiger charge is -2.08. The van der Waals surface area contributed by atoms with Gasteiger partial charge >= 0.3 is 17.9 Å². The summed E-state index contributed by atoms with van der Waals surface area (Å²) in [5.41, 5.74) is 4.45. The smallest absolute Gasteiger partial charge is 0.335 e. The summed E-state index contributed by atoms with van der Waals surface area (Å²) in [6.45, 7) is 10.2. The average Bonchev–Trinajstić information content (AvgIpc) is 3.04. The predicted octanol–water partition coefficient (Wildman–Crippen LogP) is 6.43. The van der Waals surface area contributed by atoms with Crippen LogP contribution in [0.25, 0.3) is 11.1 Å². The summed E-state index contributed by atoms with van der Waals surface area (Å²) in [6.07, 6.45) is 3.27. The number of carbonyl (C=O) groups is 3. The fourth-order valence-corrected chi connectivity index (χ4v) is 3.60. The van der Waals surface area contributed by atoms with Crippen LogP contribution in [0.3, 0.4) is 0 Å². The fourth-order valence-electron chi connectivity index (χ4n) is 3.60. The minimum atomic E-state index is -0.605. The number of esters is 3. The van der Waals surface area contributed by atoms with E-state index in [9.17, 15) is 14.4 Å². The number of hydrogen-bond donors (Lipinski definition) is 0. The van der Waals surface area contributed by atoms with Crippen molar-refractivity contribution in [3.63, 3.8) is 0 Å². The van der Waals surface area contributed by atoms with Crippen molar-refractivity contribution < 1.29 is 28.6 Å². The maximum atomic E-state index is 12.0. The van der Waals surface area contributed by atoms with Gasteiger partial charge in [0.05, 0.1) is 5.56 Å². The molecule has 0 bridgehead atoms. The van der Waals surface area contributed by atoms with Crippen LogP contribution in [0.5, 0.6) is 17.2 Å². The maximum Gasteiger partial charge on any atom is 0.335 e. The molecule has 0 N–H and O–H groups in total. The predicted molar refractivity (Wildman–Crippen MR) is 164 cm³/mol. The number of carbonyl (C=O) groups excluding carboxylic acids is 3. The van der Waals surface area contributed by atoms with Gasteiger partial charge in [0.1, 0.15) is 17.2 Å². The number of benzene rings is 4. The zero-order chi connectivity index (χ0) is 30.6. The van der Waals surface area contributed by atoms with Gasteiger partial charge in [-0.3, -0.25) is 0 Å². The van der Waals surface area contributed by atoms with Crippen molar-refractivity contribution in [2.24, 2.45) is 0 Å². The minimum absolute atomic E-state index is 0.289. The Kier molecular flexibility index (Phi) is 9.86. The second kappa shape index (κ2) is 14.3. The Morgan fingerprint density at radius 1 is 0.488 bits per heavy atom. The Labute approximate surface area is 249 Å². The third kappa shape index (κ3) is 8.56. The highest BCUT2D eigenvalue weighted by Crippen LogP contribution is 2.28. The normalized spacial score (nSPS) is 9.58. The SMILES string of the molecule is C=CC(=O)Oc1ccc(C#Cc2ccc(-c3ccc(C#Cc4ccc(OC(=O)C=C)cc4)c(OC(=O)C=C)c3)cc2)cc1. The van der Waals surface area contributed by atoms with Gasteiger partial charge in [0.2, 0.25) is 0 Å². The van der Waals surface area contributed by atoms with E-state index >= 15 is 0 Å². The molecule has 0 aliphatic carbocycles. The van der Waals surface area contributed by atoms with E-state index in [-0.39, 0.29) is 5.75 Å². The first-order chi connectivity index (χ1) is 20.9. The molecular weight excluding hydrogens is 540 g/mol. The van der Waals surface area contributed by atoms with Crippen LogP contribution in [0, 0.1) is 23.7 Å². The Morgan fingerprint density at radius 3 is 1.35 bits per heavy atom. The molecule has 6 nitrogen and oxygen atoms in total. The number of ether oxygens (including phenoxy) is 3. The van der Waals surface area contributed by atoms with Gasteiger partial charge in [0.25, 0.3) is 0 Å². The van der Waals surface area contributed by atoms with Crippen molar-refractivity contribution in [1.29, 1.82) is 0 Å². The van der Waals surface area contributed by atoms with Crippen LogP contribution in [0.4, 0.5) is 0 Å². The molecule has 0 unspecified atom stereocenters. The van der Waals surface area contributed by atoms with Crippen LogP contribution < -0.4 is 14.2 Å². The van der Waals surface area contributed by atoms with E-state index < -0.39 is 17.9 Å². The van der Waals surface area contributed by atoms with E-state index in [1.165, 1.54) is 0 Å². The third-order valence-corrected chi connectivity index (χ3v) is 5.75. The van der Waals surface area contributed by atoms with Gasteiger partial charge in [-0.05, 0) is 83.9 Å². The molecule has 43 heavy (non-hydrogen) atoms. The van der Waals surface area contributed by atoms with Gasteiger partial charge in [-0.2, -0.15) is 0 Å². The average molecular weight is 565 g/mol. The molecular formula is C37H24O6. The molecule has 0 atom stereocenters. The highest BCUT2D eigenvalue weighted by atomic mass is 16.5. The van der Waals surface area contributed by atoms with E-state index in [0.29, 0.717) is 22.6 Å². The quantitative estimate of drug-likeness (QED) is 0.111. The first-order valence-electron chi connectivity index (χ1n) is 12.9. The van der Waals surface area contributed by atoms with Crippen LogP contribution in [-0.4, -0.2) is 17.9 Å². The van der Waals surface area contributed by atoms with Gasteiger partial charge in [0.15, 0.2) is 0 Å². The zero-order valence-corrected chi connectivity index (χ0v) is 23.0. The lowest BCUT2D eigenvalue weighted by molar-refractivity contribution is -0.129. The van der Waals surface area contributed by atoms with Crippen molar-refractivity contribution in [2.45, 2.75) is 0 Å². The molecule has 0 saturated heterocycles. The molecule has 4 rings (SSSR count). The Bertz CT molecular complexity index is 1820. The Hall–Kier alpha value is -6.37. The maximum absolute atomic E-state index is 12.0.